The molecule has 1 radical (unpaired) electrons. The maximum atomic E-state index is 5.50. The van der Waals surface area contributed by atoms with Gasteiger partial charge in [-0.2, -0.15) is 0 Å². The molecule has 0 saturated heterocycles. The maximum Gasteiger partial charge on any atom is 0.106 e. The largest absolute Gasteiger partial charge is 0.372 e. The first-order chi connectivity index (χ1) is 5.90. The van der Waals surface area contributed by atoms with Gasteiger partial charge in [0, 0.05) is 19.4 Å². The molecule has 12 heavy (non-hydrogen) atoms. The van der Waals surface area contributed by atoms with Crippen LogP contribution in [0.2, 0.25) is 0 Å². The molecular formula is C11H13O. The van der Waals surface area contributed by atoms with Crippen molar-refractivity contribution in [3.63, 3.8) is 0 Å². The highest BCUT2D eigenvalue weighted by atomic mass is 16.5. The fourth-order valence-electron chi connectivity index (χ4n) is 1.70. The highest BCUT2D eigenvalue weighted by Crippen LogP contribution is 2.28. The van der Waals surface area contributed by atoms with Gasteiger partial charge in [-0.3, -0.25) is 0 Å². The third-order valence-electron chi connectivity index (χ3n) is 2.24. The summed E-state index contributed by atoms with van der Waals surface area (Å²) in [4.78, 5) is 0. The molecular weight excluding hydrogens is 148 g/mol. The van der Waals surface area contributed by atoms with Gasteiger partial charge >= 0.3 is 0 Å². The van der Waals surface area contributed by atoms with Gasteiger partial charge in [0.2, 0.25) is 0 Å². The molecule has 63 valence electrons. The molecule has 0 fully saturated rings. The van der Waals surface area contributed by atoms with Crippen molar-refractivity contribution in [1.29, 1.82) is 0 Å². The Morgan fingerprint density at radius 2 is 1.75 bits per heavy atom. The van der Waals surface area contributed by atoms with Crippen molar-refractivity contribution in [3.8, 4) is 0 Å². The lowest BCUT2D eigenvalue weighted by molar-refractivity contribution is 0.155. The average Bonchev–Trinajstić information content (AvgIpc) is 2.47. The smallest absolute Gasteiger partial charge is 0.106 e. The van der Waals surface area contributed by atoms with Gasteiger partial charge in [0.1, 0.15) is 6.10 Å². The number of hydrogen-bond acceptors (Lipinski definition) is 1. The van der Waals surface area contributed by atoms with E-state index in [9.17, 15) is 0 Å². The van der Waals surface area contributed by atoms with Gasteiger partial charge in [-0.25, -0.2) is 0 Å². The predicted octanol–water partition coefficient (Wildman–Crippen LogP) is 2.35. The van der Waals surface area contributed by atoms with Crippen LogP contribution in [0.4, 0.5) is 0 Å². The van der Waals surface area contributed by atoms with Crippen LogP contribution < -0.4 is 0 Å². The third-order valence-corrected chi connectivity index (χ3v) is 2.24. The summed E-state index contributed by atoms with van der Waals surface area (Å²) in [5.41, 5.74) is 2.86. The minimum Gasteiger partial charge on any atom is -0.372 e. The Hall–Kier alpha value is -0.820. The topological polar surface area (TPSA) is 9.23 Å². The van der Waals surface area contributed by atoms with Crippen molar-refractivity contribution >= 4 is 0 Å². The lowest BCUT2D eigenvalue weighted by Crippen LogP contribution is -2.01. The zero-order valence-electron chi connectivity index (χ0n) is 7.34. The minimum atomic E-state index is 0.795. The Morgan fingerprint density at radius 3 is 2.25 bits per heavy atom. The SMILES string of the molecule is CCO[C]1Cc2ccccc2C1. The molecule has 0 N–H and O–H groups in total. The van der Waals surface area contributed by atoms with Crippen molar-refractivity contribution in [3.05, 3.63) is 41.5 Å². The summed E-state index contributed by atoms with van der Waals surface area (Å²) in [6.45, 7) is 2.83. The number of ether oxygens (including phenoxy) is 1. The van der Waals surface area contributed by atoms with E-state index in [0.717, 1.165) is 19.4 Å². The van der Waals surface area contributed by atoms with E-state index in [4.69, 9.17) is 4.74 Å². The summed E-state index contributed by atoms with van der Waals surface area (Å²) in [5, 5.41) is 0. The molecule has 1 nitrogen and oxygen atoms in total. The molecule has 0 aliphatic heterocycles. The van der Waals surface area contributed by atoms with Crippen LogP contribution in [0.1, 0.15) is 18.1 Å². The van der Waals surface area contributed by atoms with Crippen molar-refractivity contribution in [1.82, 2.24) is 0 Å². The highest BCUT2D eigenvalue weighted by Gasteiger charge is 2.21. The summed E-state index contributed by atoms with van der Waals surface area (Å²) in [7, 11) is 0. The van der Waals surface area contributed by atoms with E-state index in [0.29, 0.717) is 0 Å². The average molecular weight is 161 g/mol. The van der Waals surface area contributed by atoms with Gasteiger partial charge in [-0.15, -0.1) is 0 Å². The highest BCUT2D eigenvalue weighted by molar-refractivity contribution is 5.36. The van der Waals surface area contributed by atoms with Crippen LogP contribution in [-0.4, -0.2) is 6.61 Å². The van der Waals surface area contributed by atoms with E-state index < -0.39 is 0 Å². The Labute approximate surface area is 73.4 Å². The van der Waals surface area contributed by atoms with Crippen LogP contribution in [-0.2, 0) is 17.6 Å². The van der Waals surface area contributed by atoms with E-state index in [2.05, 4.69) is 24.3 Å². The standard InChI is InChI=1S/C11H13O/c1-2-12-11-7-9-5-3-4-6-10(9)8-11/h3-6H,2,7-8H2,1H3. The summed E-state index contributed by atoms with van der Waals surface area (Å²) in [6.07, 6.45) is 3.26. The number of hydrogen-bond donors (Lipinski definition) is 0. The number of fused-ring (bicyclic) bond motifs is 1. The van der Waals surface area contributed by atoms with Gasteiger partial charge in [0.05, 0.1) is 0 Å². The molecule has 0 saturated carbocycles. The predicted molar refractivity (Wildman–Crippen MR) is 48.7 cm³/mol. The number of benzene rings is 1. The zero-order valence-corrected chi connectivity index (χ0v) is 7.34. The van der Waals surface area contributed by atoms with Crippen molar-refractivity contribution in [2.45, 2.75) is 19.8 Å². The van der Waals surface area contributed by atoms with Crippen LogP contribution >= 0.6 is 0 Å². The van der Waals surface area contributed by atoms with Gasteiger partial charge in [-0.05, 0) is 18.1 Å². The fraction of sp³-hybridized carbons (Fsp3) is 0.364. The first kappa shape index (κ1) is 7.81. The van der Waals surface area contributed by atoms with E-state index >= 15 is 0 Å². The Kier molecular flexibility index (Phi) is 2.13. The molecule has 0 aromatic heterocycles. The summed E-state index contributed by atoms with van der Waals surface area (Å²) in [5.74, 6) is 0. The van der Waals surface area contributed by atoms with Crippen LogP contribution in [0.5, 0.6) is 0 Å². The second-order valence-electron chi connectivity index (χ2n) is 3.09. The van der Waals surface area contributed by atoms with Crippen molar-refractivity contribution in [2.75, 3.05) is 6.61 Å². The molecule has 1 aliphatic rings. The fourth-order valence-corrected chi connectivity index (χ4v) is 1.70. The Balaban J connectivity index is 2.11. The first-order valence-electron chi connectivity index (χ1n) is 4.44. The van der Waals surface area contributed by atoms with E-state index in [1.165, 1.54) is 17.2 Å². The lowest BCUT2D eigenvalue weighted by Gasteiger charge is -2.05. The normalized spacial score (nSPS) is 16.4. The van der Waals surface area contributed by atoms with Crippen molar-refractivity contribution < 1.29 is 4.74 Å². The molecule has 0 spiro atoms. The van der Waals surface area contributed by atoms with Crippen LogP contribution in [0, 0.1) is 6.10 Å². The Bertz CT molecular complexity index is 242. The lowest BCUT2D eigenvalue weighted by atomic mass is 10.1. The minimum absolute atomic E-state index is 0.795. The molecule has 1 aliphatic carbocycles. The first-order valence-corrected chi connectivity index (χ1v) is 4.44. The quantitative estimate of drug-likeness (QED) is 0.647. The van der Waals surface area contributed by atoms with Gasteiger partial charge in [0.25, 0.3) is 0 Å². The van der Waals surface area contributed by atoms with Gasteiger partial charge < -0.3 is 4.74 Å². The van der Waals surface area contributed by atoms with Gasteiger partial charge in [-0.1, -0.05) is 24.3 Å². The molecule has 0 heterocycles. The molecule has 0 unspecified atom stereocenters. The van der Waals surface area contributed by atoms with Gasteiger partial charge in [0.15, 0.2) is 0 Å². The van der Waals surface area contributed by atoms with E-state index in [-0.39, 0.29) is 0 Å². The molecule has 0 atom stereocenters. The summed E-state index contributed by atoms with van der Waals surface area (Å²) >= 11 is 0. The number of rotatable bonds is 2. The molecule has 1 aromatic carbocycles. The van der Waals surface area contributed by atoms with Crippen LogP contribution in [0.15, 0.2) is 24.3 Å². The summed E-state index contributed by atoms with van der Waals surface area (Å²) in [6, 6.07) is 8.55. The van der Waals surface area contributed by atoms with Crippen LogP contribution in [0.3, 0.4) is 0 Å². The third kappa shape index (κ3) is 1.37. The zero-order chi connectivity index (χ0) is 8.39. The maximum absolute atomic E-state index is 5.50. The molecule has 1 aromatic rings. The van der Waals surface area contributed by atoms with E-state index in [1.807, 2.05) is 6.92 Å². The van der Waals surface area contributed by atoms with Crippen molar-refractivity contribution in [2.24, 2.45) is 0 Å². The second kappa shape index (κ2) is 3.28. The van der Waals surface area contributed by atoms with E-state index in [1.54, 1.807) is 0 Å². The molecule has 0 amide bonds. The Morgan fingerprint density at radius 1 is 1.17 bits per heavy atom. The van der Waals surface area contributed by atoms with Crippen LogP contribution in [0.25, 0.3) is 0 Å². The molecule has 1 heteroatoms. The molecule has 0 bridgehead atoms. The second-order valence-corrected chi connectivity index (χ2v) is 3.09. The summed E-state index contributed by atoms with van der Waals surface area (Å²) < 4.78 is 5.50. The monoisotopic (exact) mass is 161 g/mol. The molecule has 2 rings (SSSR count).